The van der Waals surface area contributed by atoms with Gasteiger partial charge in [-0.05, 0) is 25.7 Å². The van der Waals surface area contributed by atoms with Crippen molar-refractivity contribution in [3.63, 3.8) is 0 Å². The lowest BCUT2D eigenvalue weighted by molar-refractivity contribution is -0.0700. The fraction of sp³-hybridized carbons (Fsp3) is 0.762. The summed E-state index contributed by atoms with van der Waals surface area (Å²) in [6.45, 7) is 7.25. The molecule has 192 valence electrons. The van der Waals surface area contributed by atoms with Crippen LogP contribution in [0, 0.1) is 0 Å². The van der Waals surface area contributed by atoms with Gasteiger partial charge in [0, 0.05) is 13.5 Å². The summed E-state index contributed by atoms with van der Waals surface area (Å²) in [5.74, 6) is -0.0299. The number of aliphatic hydroxyl groups excluding tert-OH is 2. The van der Waals surface area contributed by atoms with E-state index in [1.54, 1.807) is 13.8 Å². The number of aromatic nitrogens is 4. The third-order valence-electron chi connectivity index (χ3n) is 7.17. The highest BCUT2D eigenvalue weighted by Crippen LogP contribution is 2.49. The van der Waals surface area contributed by atoms with E-state index in [-0.39, 0.29) is 36.4 Å². The van der Waals surface area contributed by atoms with Crippen LogP contribution in [0.3, 0.4) is 0 Å². The molecule has 0 spiro atoms. The summed E-state index contributed by atoms with van der Waals surface area (Å²) in [5, 5.41) is 30.8. The summed E-state index contributed by atoms with van der Waals surface area (Å²) in [6, 6.07) is 0. The molecule has 1 fully saturated rings. The van der Waals surface area contributed by atoms with Crippen molar-refractivity contribution in [3.05, 3.63) is 16.7 Å². The zero-order valence-electron chi connectivity index (χ0n) is 20.3. The van der Waals surface area contributed by atoms with Crippen LogP contribution >= 0.6 is 8.03 Å². The average molecular weight is 502 g/mol. The molecule has 13 heteroatoms. The molecule has 0 aromatic carbocycles. The van der Waals surface area contributed by atoms with Crippen molar-refractivity contribution in [2.75, 3.05) is 5.73 Å². The molecule has 5 N–H and O–H groups in total. The molecule has 3 heterocycles. The van der Waals surface area contributed by atoms with Crippen LogP contribution < -0.4 is 11.3 Å². The Hall–Kier alpha value is -1.82. The minimum absolute atomic E-state index is 0.0299. The molecule has 0 saturated carbocycles. The molecular weight excluding hydrogens is 465 g/mol. The van der Waals surface area contributed by atoms with Crippen molar-refractivity contribution in [3.8, 4) is 0 Å². The number of anilines is 1. The van der Waals surface area contributed by atoms with E-state index in [0.29, 0.717) is 12.8 Å². The summed E-state index contributed by atoms with van der Waals surface area (Å²) in [4.78, 5) is 20.7. The molecule has 2 aromatic rings. The Morgan fingerprint density at radius 3 is 2.35 bits per heavy atom. The fourth-order valence-electron chi connectivity index (χ4n) is 4.30. The SMILES string of the molecule is CCC(CC)(C[C@H]1OC(n2cnc3c(=O)n(C)c(N)nc32)[C@H](O)[C@@H]1O)O[PH](=O)C(O)(CC)CC. The molecule has 1 aliphatic rings. The monoisotopic (exact) mass is 501 g/mol. The minimum Gasteiger partial charge on any atom is -0.388 e. The van der Waals surface area contributed by atoms with Gasteiger partial charge < -0.3 is 30.3 Å². The molecule has 0 amide bonds. The van der Waals surface area contributed by atoms with Crippen molar-refractivity contribution < 1.29 is 29.1 Å². The van der Waals surface area contributed by atoms with E-state index in [2.05, 4.69) is 9.97 Å². The van der Waals surface area contributed by atoms with Gasteiger partial charge in [0.2, 0.25) is 14.0 Å². The van der Waals surface area contributed by atoms with Gasteiger partial charge in [-0.2, -0.15) is 4.98 Å². The Balaban J connectivity index is 1.89. The zero-order chi connectivity index (χ0) is 25.4. The Morgan fingerprint density at radius 1 is 1.18 bits per heavy atom. The highest BCUT2D eigenvalue weighted by molar-refractivity contribution is 7.40. The third-order valence-corrected chi connectivity index (χ3v) is 9.26. The summed E-state index contributed by atoms with van der Waals surface area (Å²) in [6.07, 6.45) is -1.63. The maximum Gasteiger partial charge on any atom is 0.282 e. The van der Waals surface area contributed by atoms with Gasteiger partial charge in [-0.3, -0.25) is 18.5 Å². The molecule has 34 heavy (non-hydrogen) atoms. The summed E-state index contributed by atoms with van der Waals surface area (Å²) in [5.41, 5.74) is 4.62. The number of nitrogens with two attached hydrogens (primary N) is 1. The number of ether oxygens (including phenoxy) is 1. The van der Waals surface area contributed by atoms with E-state index in [1.807, 2.05) is 13.8 Å². The number of imidazole rings is 1. The van der Waals surface area contributed by atoms with Gasteiger partial charge in [0.05, 0.1) is 18.0 Å². The molecule has 3 rings (SSSR count). The predicted octanol–water partition coefficient (Wildman–Crippen LogP) is 1.28. The van der Waals surface area contributed by atoms with Crippen molar-refractivity contribution in [2.24, 2.45) is 7.05 Å². The Labute approximate surface area is 198 Å². The first-order chi connectivity index (χ1) is 16.0. The Morgan fingerprint density at radius 2 is 1.79 bits per heavy atom. The van der Waals surface area contributed by atoms with Gasteiger partial charge in [0.25, 0.3) is 5.56 Å². The highest BCUT2D eigenvalue weighted by Gasteiger charge is 2.48. The molecular formula is C21H36N5O7P. The smallest absolute Gasteiger partial charge is 0.282 e. The van der Waals surface area contributed by atoms with Crippen LogP contribution in [0.25, 0.3) is 11.2 Å². The van der Waals surface area contributed by atoms with E-state index in [1.165, 1.54) is 17.9 Å². The van der Waals surface area contributed by atoms with E-state index >= 15 is 0 Å². The second-order valence-electron chi connectivity index (χ2n) is 8.93. The van der Waals surface area contributed by atoms with E-state index in [9.17, 15) is 24.7 Å². The molecule has 1 saturated heterocycles. The van der Waals surface area contributed by atoms with E-state index < -0.39 is 49.1 Å². The highest BCUT2D eigenvalue weighted by atomic mass is 31.1. The molecule has 5 atom stereocenters. The van der Waals surface area contributed by atoms with Crippen LogP contribution in [0.15, 0.2) is 11.1 Å². The number of hydrogen-bond donors (Lipinski definition) is 4. The topological polar surface area (TPSA) is 175 Å². The van der Waals surface area contributed by atoms with Gasteiger partial charge in [-0.25, -0.2) is 4.98 Å². The summed E-state index contributed by atoms with van der Waals surface area (Å²) < 4.78 is 27.5. The number of rotatable bonds is 10. The van der Waals surface area contributed by atoms with Crippen molar-refractivity contribution in [1.82, 2.24) is 19.1 Å². The first-order valence-corrected chi connectivity index (χ1v) is 13.0. The predicted molar refractivity (Wildman–Crippen MR) is 127 cm³/mol. The number of nitrogen functional groups attached to an aromatic ring is 1. The quantitative estimate of drug-likeness (QED) is 0.347. The van der Waals surface area contributed by atoms with Crippen LogP contribution in [0.5, 0.6) is 0 Å². The van der Waals surface area contributed by atoms with Crippen LogP contribution in [-0.2, 0) is 20.9 Å². The first kappa shape index (κ1) is 26.8. The first-order valence-electron chi connectivity index (χ1n) is 11.6. The molecule has 12 nitrogen and oxygen atoms in total. The van der Waals surface area contributed by atoms with Crippen LogP contribution in [0.4, 0.5) is 5.95 Å². The fourth-order valence-corrected chi connectivity index (χ4v) is 5.83. The lowest BCUT2D eigenvalue weighted by Crippen LogP contribution is -2.40. The average Bonchev–Trinajstić information content (AvgIpc) is 3.37. The third kappa shape index (κ3) is 4.55. The van der Waals surface area contributed by atoms with Crippen LogP contribution in [0.2, 0.25) is 0 Å². The largest absolute Gasteiger partial charge is 0.388 e. The number of nitrogens with zero attached hydrogens (tertiary/aromatic N) is 4. The van der Waals surface area contributed by atoms with Crippen molar-refractivity contribution in [2.45, 2.75) is 95.3 Å². The maximum atomic E-state index is 13.0. The second kappa shape index (κ2) is 10.0. The molecule has 0 bridgehead atoms. The van der Waals surface area contributed by atoms with Crippen molar-refractivity contribution >= 4 is 25.1 Å². The molecule has 0 radical (unpaired) electrons. The zero-order valence-corrected chi connectivity index (χ0v) is 21.3. The number of hydrogen-bond acceptors (Lipinski definition) is 10. The normalized spacial score (nSPS) is 24.7. The van der Waals surface area contributed by atoms with Gasteiger partial charge in [-0.15, -0.1) is 0 Å². The molecule has 1 aliphatic heterocycles. The standard InChI is InChI=1S/C21H36N5O7P/c1-6-20(7-2,33-34(31)21(30,8-3)9-4)10-12-14(27)15(28)18(32-12)26-11-23-13-16(26)24-19(22)25(5)17(13)29/h11-12,14-15,18,27-28,30,34H,6-10H2,1-5H3,(H2,22,24)/t12-,14-,15-,18?/m1/s1. The summed E-state index contributed by atoms with van der Waals surface area (Å²) >= 11 is 0. The Bertz CT molecular complexity index is 1100. The van der Waals surface area contributed by atoms with Crippen LogP contribution in [-0.4, -0.2) is 63.7 Å². The van der Waals surface area contributed by atoms with Gasteiger partial charge >= 0.3 is 0 Å². The molecule has 2 aromatic heterocycles. The van der Waals surface area contributed by atoms with Crippen LogP contribution in [0.1, 0.15) is 66.0 Å². The van der Waals surface area contributed by atoms with Gasteiger partial charge in [0.1, 0.15) is 17.6 Å². The number of fused-ring (bicyclic) bond motifs is 1. The lowest BCUT2D eigenvalue weighted by atomic mass is 9.88. The van der Waals surface area contributed by atoms with E-state index in [0.717, 1.165) is 4.57 Å². The summed E-state index contributed by atoms with van der Waals surface area (Å²) in [7, 11) is -1.37. The van der Waals surface area contributed by atoms with Crippen molar-refractivity contribution in [1.29, 1.82) is 0 Å². The van der Waals surface area contributed by atoms with Gasteiger partial charge in [0.15, 0.2) is 17.4 Å². The van der Waals surface area contributed by atoms with Gasteiger partial charge in [-0.1, -0.05) is 27.7 Å². The molecule has 0 aliphatic carbocycles. The number of aliphatic hydroxyl groups is 3. The maximum absolute atomic E-state index is 13.0. The Kier molecular flexibility index (Phi) is 7.91. The lowest BCUT2D eigenvalue weighted by Gasteiger charge is -2.37. The minimum atomic E-state index is -2.85. The van der Waals surface area contributed by atoms with E-state index in [4.69, 9.17) is 15.0 Å². The second-order valence-corrected chi connectivity index (χ2v) is 10.6. The molecule has 2 unspecified atom stereocenters.